The lowest BCUT2D eigenvalue weighted by atomic mass is 10.2. The summed E-state index contributed by atoms with van der Waals surface area (Å²) in [4.78, 5) is 4.15. The standard InChI is InChI=1S/C11H8N4/c1-15-10(7-13)9(6-12)14-11(15)8-4-2-3-5-8/h2-4H,5H2,1H3. The Bertz CT molecular complexity index is 546. The van der Waals surface area contributed by atoms with Gasteiger partial charge in [0.1, 0.15) is 18.0 Å². The van der Waals surface area contributed by atoms with Crippen LogP contribution >= 0.6 is 0 Å². The van der Waals surface area contributed by atoms with Crippen LogP contribution in [0.4, 0.5) is 0 Å². The smallest absolute Gasteiger partial charge is 0.177 e. The highest BCUT2D eigenvalue weighted by molar-refractivity contribution is 5.68. The minimum Gasteiger partial charge on any atom is -0.318 e. The summed E-state index contributed by atoms with van der Waals surface area (Å²) in [6.07, 6.45) is 6.72. The number of hydrogen-bond acceptors (Lipinski definition) is 3. The molecular weight excluding hydrogens is 188 g/mol. The Balaban J connectivity index is 2.57. The van der Waals surface area contributed by atoms with Crippen LogP contribution in [-0.4, -0.2) is 9.55 Å². The normalized spacial score (nSPS) is 13.4. The maximum atomic E-state index is 8.89. The Hall–Kier alpha value is -2.33. The fraction of sp³-hybridized carbons (Fsp3) is 0.182. The largest absolute Gasteiger partial charge is 0.318 e. The van der Waals surface area contributed by atoms with Crippen molar-refractivity contribution in [3.63, 3.8) is 0 Å². The molecule has 72 valence electrons. The quantitative estimate of drug-likeness (QED) is 0.683. The van der Waals surface area contributed by atoms with E-state index in [9.17, 15) is 0 Å². The van der Waals surface area contributed by atoms with Crippen LogP contribution in [0.2, 0.25) is 0 Å². The fourth-order valence-corrected chi connectivity index (χ4v) is 1.60. The highest BCUT2D eigenvalue weighted by Crippen LogP contribution is 2.23. The molecule has 0 aromatic carbocycles. The molecule has 1 aliphatic rings. The summed E-state index contributed by atoms with van der Waals surface area (Å²) in [5, 5.41) is 17.7. The van der Waals surface area contributed by atoms with Gasteiger partial charge in [0.2, 0.25) is 0 Å². The average Bonchev–Trinajstić information content (AvgIpc) is 2.84. The average molecular weight is 196 g/mol. The van der Waals surface area contributed by atoms with Gasteiger partial charge in [0.05, 0.1) is 0 Å². The van der Waals surface area contributed by atoms with Crippen molar-refractivity contribution in [2.75, 3.05) is 0 Å². The van der Waals surface area contributed by atoms with Gasteiger partial charge in [-0.2, -0.15) is 10.5 Å². The number of rotatable bonds is 1. The van der Waals surface area contributed by atoms with Crippen LogP contribution in [0, 0.1) is 22.7 Å². The van der Waals surface area contributed by atoms with E-state index in [4.69, 9.17) is 10.5 Å². The number of nitrogens with zero attached hydrogens (tertiary/aromatic N) is 4. The second-order valence-corrected chi connectivity index (χ2v) is 3.24. The van der Waals surface area contributed by atoms with Crippen LogP contribution in [-0.2, 0) is 7.05 Å². The van der Waals surface area contributed by atoms with Crippen molar-refractivity contribution < 1.29 is 0 Å². The molecule has 0 amide bonds. The molecule has 2 rings (SSSR count). The Morgan fingerprint density at radius 3 is 2.67 bits per heavy atom. The van der Waals surface area contributed by atoms with Crippen LogP contribution in [0.15, 0.2) is 18.2 Å². The van der Waals surface area contributed by atoms with E-state index < -0.39 is 0 Å². The van der Waals surface area contributed by atoms with Gasteiger partial charge < -0.3 is 4.57 Å². The molecule has 0 saturated carbocycles. The van der Waals surface area contributed by atoms with Gasteiger partial charge in [-0.1, -0.05) is 18.2 Å². The number of hydrogen-bond donors (Lipinski definition) is 0. The van der Waals surface area contributed by atoms with Crippen LogP contribution in [0.1, 0.15) is 23.6 Å². The molecule has 0 bridgehead atoms. The summed E-state index contributed by atoms with van der Waals surface area (Å²) in [6.45, 7) is 0. The van der Waals surface area contributed by atoms with Gasteiger partial charge in [0, 0.05) is 7.05 Å². The second kappa shape index (κ2) is 3.43. The first kappa shape index (κ1) is 9.23. The molecule has 0 saturated heterocycles. The van der Waals surface area contributed by atoms with Gasteiger partial charge >= 0.3 is 0 Å². The van der Waals surface area contributed by atoms with E-state index >= 15 is 0 Å². The van der Waals surface area contributed by atoms with Crippen LogP contribution < -0.4 is 0 Å². The number of aromatic nitrogens is 2. The lowest BCUT2D eigenvalue weighted by Crippen LogP contribution is -1.98. The third kappa shape index (κ3) is 1.33. The summed E-state index contributed by atoms with van der Waals surface area (Å²) >= 11 is 0. The van der Waals surface area contributed by atoms with Crippen LogP contribution in [0.5, 0.6) is 0 Å². The molecule has 1 aromatic rings. The zero-order chi connectivity index (χ0) is 10.8. The lowest BCUT2D eigenvalue weighted by Gasteiger charge is -2.01. The number of allylic oxidation sites excluding steroid dienone is 4. The molecule has 0 unspecified atom stereocenters. The summed E-state index contributed by atoms with van der Waals surface area (Å²) in [7, 11) is 1.75. The van der Waals surface area contributed by atoms with Gasteiger partial charge in [-0.25, -0.2) is 4.98 Å². The van der Waals surface area contributed by atoms with Gasteiger partial charge in [-0.05, 0) is 12.0 Å². The van der Waals surface area contributed by atoms with Gasteiger partial charge in [0.15, 0.2) is 11.4 Å². The summed E-state index contributed by atoms with van der Waals surface area (Å²) in [6, 6.07) is 3.92. The van der Waals surface area contributed by atoms with Crippen molar-refractivity contribution >= 4 is 5.57 Å². The highest BCUT2D eigenvalue weighted by atomic mass is 15.1. The topological polar surface area (TPSA) is 65.4 Å². The van der Waals surface area contributed by atoms with E-state index in [1.54, 1.807) is 11.6 Å². The third-order valence-corrected chi connectivity index (χ3v) is 2.37. The maximum absolute atomic E-state index is 8.89. The monoisotopic (exact) mass is 196 g/mol. The van der Waals surface area contributed by atoms with Crippen molar-refractivity contribution in [2.24, 2.45) is 7.05 Å². The van der Waals surface area contributed by atoms with E-state index in [0.717, 1.165) is 12.0 Å². The minimum absolute atomic E-state index is 0.197. The Morgan fingerprint density at radius 2 is 2.20 bits per heavy atom. The first-order valence-corrected chi connectivity index (χ1v) is 4.51. The molecule has 0 fully saturated rings. The second-order valence-electron chi connectivity index (χ2n) is 3.24. The van der Waals surface area contributed by atoms with E-state index in [1.165, 1.54) is 0 Å². The Labute approximate surface area is 87.4 Å². The van der Waals surface area contributed by atoms with E-state index in [2.05, 4.69) is 4.98 Å². The summed E-state index contributed by atoms with van der Waals surface area (Å²) in [5.41, 5.74) is 1.55. The van der Waals surface area contributed by atoms with Gasteiger partial charge in [0.25, 0.3) is 0 Å². The predicted octanol–water partition coefficient (Wildman–Crippen LogP) is 1.51. The third-order valence-electron chi connectivity index (χ3n) is 2.37. The van der Waals surface area contributed by atoms with E-state index in [1.807, 2.05) is 30.4 Å². The molecule has 0 radical (unpaired) electrons. The highest BCUT2D eigenvalue weighted by Gasteiger charge is 2.17. The number of imidazole rings is 1. The van der Waals surface area contributed by atoms with Crippen LogP contribution in [0.3, 0.4) is 0 Å². The van der Waals surface area contributed by atoms with Gasteiger partial charge in [-0.3, -0.25) is 0 Å². The first-order chi connectivity index (χ1) is 7.27. The molecule has 1 aliphatic carbocycles. The molecular formula is C11H8N4. The molecule has 0 atom stereocenters. The Kier molecular flexibility index (Phi) is 2.11. The summed E-state index contributed by atoms with van der Waals surface area (Å²) < 4.78 is 1.66. The van der Waals surface area contributed by atoms with E-state index in [-0.39, 0.29) is 5.69 Å². The Morgan fingerprint density at radius 1 is 1.40 bits per heavy atom. The molecule has 1 aromatic heterocycles. The SMILES string of the molecule is Cn1c(C2=CC=CC2)nc(C#N)c1C#N. The minimum atomic E-state index is 0.197. The van der Waals surface area contributed by atoms with Crippen molar-refractivity contribution in [3.05, 3.63) is 35.4 Å². The molecule has 15 heavy (non-hydrogen) atoms. The summed E-state index contributed by atoms with van der Waals surface area (Å²) in [5.74, 6) is 0.702. The predicted molar refractivity (Wildman–Crippen MR) is 54.4 cm³/mol. The first-order valence-electron chi connectivity index (χ1n) is 4.51. The zero-order valence-corrected chi connectivity index (χ0v) is 8.23. The molecule has 4 heteroatoms. The lowest BCUT2D eigenvalue weighted by molar-refractivity contribution is 0.871. The molecule has 0 N–H and O–H groups in total. The maximum Gasteiger partial charge on any atom is 0.177 e. The fourth-order valence-electron chi connectivity index (χ4n) is 1.60. The molecule has 4 nitrogen and oxygen atoms in total. The molecule has 0 spiro atoms. The van der Waals surface area contributed by atoms with Crippen molar-refractivity contribution in [1.29, 1.82) is 10.5 Å². The molecule has 1 heterocycles. The van der Waals surface area contributed by atoms with Crippen LogP contribution in [0.25, 0.3) is 5.57 Å². The van der Waals surface area contributed by atoms with Crippen molar-refractivity contribution in [2.45, 2.75) is 6.42 Å². The number of nitriles is 2. The molecule has 0 aliphatic heterocycles. The zero-order valence-electron chi connectivity index (χ0n) is 8.23. The van der Waals surface area contributed by atoms with Crippen molar-refractivity contribution in [3.8, 4) is 12.1 Å². The van der Waals surface area contributed by atoms with E-state index in [0.29, 0.717) is 11.5 Å². The van der Waals surface area contributed by atoms with Crippen molar-refractivity contribution in [1.82, 2.24) is 9.55 Å². The van der Waals surface area contributed by atoms with Gasteiger partial charge in [-0.15, -0.1) is 0 Å².